The van der Waals surface area contributed by atoms with Gasteiger partial charge in [-0.15, -0.1) is 0 Å². The Morgan fingerprint density at radius 2 is 1.73 bits per heavy atom. The molecule has 2 N–H and O–H groups in total. The summed E-state index contributed by atoms with van der Waals surface area (Å²) in [5, 5.41) is 7.21. The number of benzene rings is 2. The number of amides is 1. The first-order chi connectivity index (χ1) is 12.6. The van der Waals surface area contributed by atoms with E-state index in [1.165, 1.54) is 6.33 Å². The van der Waals surface area contributed by atoms with Crippen molar-refractivity contribution in [2.45, 2.75) is 6.42 Å². The number of anilines is 2. The molecule has 0 aliphatic rings. The monoisotopic (exact) mass is 386 g/mol. The van der Waals surface area contributed by atoms with E-state index < -0.39 is 0 Å². The molecular weight excluding hydrogens is 371 g/mol. The smallest absolute Gasteiger partial charge is 0.274 e. The van der Waals surface area contributed by atoms with Gasteiger partial charge in [0, 0.05) is 28.3 Å². The zero-order valence-electron chi connectivity index (χ0n) is 13.7. The molecule has 0 aliphatic heterocycles. The predicted molar refractivity (Wildman–Crippen MR) is 105 cm³/mol. The van der Waals surface area contributed by atoms with Crippen molar-refractivity contribution in [3.63, 3.8) is 0 Å². The molecule has 7 heteroatoms. The Labute approximate surface area is 161 Å². The SMILES string of the molecule is O=C(Nc1cccc(Cl)c1)c1cc(NCCc2cccc(Cl)c2)ncn1. The highest BCUT2D eigenvalue weighted by atomic mass is 35.5. The molecule has 5 nitrogen and oxygen atoms in total. The summed E-state index contributed by atoms with van der Waals surface area (Å²) in [6.45, 7) is 0.659. The minimum absolute atomic E-state index is 0.269. The molecule has 0 fully saturated rings. The van der Waals surface area contributed by atoms with Gasteiger partial charge in [0.15, 0.2) is 0 Å². The van der Waals surface area contributed by atoms with Gasteiger partial charge >= 0.3 is 0 Å². The quantitative estimate of drug-likeness (QED) is 0.644. The van der Waals surface area contributed by atoms with Crippen LogP contribution in [-0.4, -0.2) is 22.4 Å². The van der Waals surface area contributed by atoms with Gasteiger partial charge in [-0.25, -0.2) is 9.97 Å². The molecule has 1 aromatic heterocycles. The summed E-state index contributed by atoms with van der Waals surface area (Å²) < 4.78 is 0. The number of carbonyl (C=O) groups excluding carboxylic acids is 1. The van der Waals surface area contributed by atoms with Gasteiger partial charge in [0.1, 0.15) is 17.8 Å². The number of aromatic nitrogens is 2. The van der Waals surface area contributed by atoms with Crippen molar-refractivity contribution in [1.29, 1.82) is 0 Å². The van der Waals surface area contributed by atoms with Crippen LogP contribution in [0, 0.1) is 0 Å². The Hall–Kier alpha value is -2.63. The van der Waals surface area contributed by atoms with Gasteiger partial charge in [-0.3, -0.25) is 4.79 Å². The van der Waals surface area contributed by atoms with Crippen molar-refractivity contribution >= 4 is 40.6 Å². The molecule has 3 aromatic rings. The third kappa shape index (κ3) is 5.18. The topological polar surface area (TPSA) is 66.9 Å². The average molecular weight is 387 g/mol. The van der Waals surface area contributed by atoms with E-state index in [0.717, 1.165) is 12.0 Å². The molecule has 2 aromatic carbocycles. The van der Waals surface area contributed by atoms with E-state index in [9.17, 15) is 4.79 Å². The molecule has 0 saturated heterocycles. The molecule has 0 atom stereocenters. The number of carbonyl (C=O) groups is 1. The zero-order valence-corrected chi connectivity index (χ0v) is 15.3. The lowest BCUT2D eigenvalue weighted by atomic mass is 10.1. The van der Waals surface area contributed by atoms with Crippen molar-refractivity contribution in [2.24, 2.45) is 0 Å². The summed E-state index contributed by atoms with van der Waals surface area (Å²) >= 11 is 11.9. The summed E-state index contributed by atoms with van der Waals surface area (Å²) in [6, 6.07) is 16.2. The summed E-state index contributed by atoms with van der Waals surface area (Å²) in [5.41, 5.74) is 2.00. The number of nitrogens with one attached hydrogen (secondary N) is 2. The number of hydrogen-bond acceptors (Lipinski definition) is 4. The van der Waals surface area contributed by atoms with Crippen molar-refractivity contribution in [3.8, 4) is 0 Å². The maximum atomic E-state index is 12.3. The lowest BCUT2D eigenvalue weighted by Gasteiger charge is -2.08. The average Bonchev–Trinajstić information content (AvgIpc) is 2.62. The van der Waals surface area contributed by atoms with E-state index >= 15 is 0 Å². The highest BCUT2D eigenvalue weighted by molar-refractivity contribution is 6.31. The maximum absolute atomic E-state index is 12.3. The molecule has 0 aliphatic carbocycles. The fourth-order valence-corrected chi connectivity index (χ4v) is 2.77. The van der Waals surface area contributed by atoms with E-state index in [1.807, 2.05) is 24.3 Å². The fraction of sp³-hybridized carbons (Fsp3) is 0.105. The minimum Gasteiger partial charge on any atom is -0.370 e. The van der Waals surface area contributed by atoms with E-state index in [1.54, 1.807) is 30.3 Å². The van der Waals surface area contributed by atoms with Crippen LogP contribution in [0.15, 0.2) is 60.9 Å². The molecule has 26 heavy (non-hydrogen) atoms. The van der Waals surface area contributed by atoms with Gasteiger partial charge < -0.3 is 10.6 Å². The van der Waals surface area contributed by atoms with Crippen LogP contribution in [0.5, 0.6) is 0 Å². The Balaban J connectivity index is 1.59. The van der Waals surface area contributed by atoms with E-state index in [4.69, 9.17) is 23.2 Å². The van der Waals surface area contributed by atoms with Crippen LogP contribution in [0.3, 0.4) is 0 Å². The molecule has 0 spiro atoms. The molecule has 0 saturated carbocycles. The van der Waals surface area contributed by atoms with E-state index in [0.29, 0.717) is 28.1 Å². The van der Waals surface area contributed by atoms with Crippen LogP contribution in [0.1, 0.15) is 16.1 Å². The largest absolute Gasteiger partial charge is 0.370 e. The van der Waals surface area contributed by atoms with Gasteiger partial charge in [0.2, 0.25) is 0 Å². The first kappa shape index (κ1) is 18.2. The van der Waals surface area contributed by atoms with Crippen LogP contribution < -0.4 is 10.6 Å². The van der Waals surface area contributed by atoms with Gasteiger partial charge in [0.05, 0.1) is 0 Å². The van der Waals surface area contributed by atoms with Gasteiger partial charge in [-0.05, 0) is 42.3 Å². The fourth-order valence-electron chi connectivity index (χ4n) is 2.37. The molecule has 0 radical (unpaired) electrons. The van der Waals surface area contributed by atoms with Gasteiger partial charge in [-0.2, -0.15) is 0 Å². The van der Waals surface area contributed by atoms with Crippen LogP contribution in [0.4, 0.5) is 11.5 Å². The van der Waals surface area contributed by atoms with Gasteiger partial charge in [0.25, 0.3) is 5.91 Å². The van der Waals surface area contributed by atoms with Crippen LogP contribution in [0.2, 0.25) is 10.0 Å². The van der Waals surface area contributed by atoms with Crippen molar-refractivity contribution in [1.82, 2.24) is 9.97 Å². The summed E-state index contributed by atoms with van der Waals surface area (Å²) in [7, 11) is 0. The maximum Gasteiger partial charge on any atom is 0.274 e. The lowest BCUT2D eigenvalue weighted by molar-refractivity contribution is 0.102. The summed E-state index contributed by atoms with van der Waals surface area (Å²) in [4.78, 5) is 20.5. The number of halogens is 2. The standard InChI is InChI=1S/C19H16Cl2N4O/c20-14-4-1-3-13(9-14)7-8-22-18-11-17(23-12-24-18)19(26)25-16-6-2-5-15(21)10-16/h1-6,9-12H,7-8H2,(H,25,26)(H,22,23,24). The third-order valence-corrected chi connectivity index (χ3v) is 4.06. The second-order valence-electron chi connectivity index (χ2n) is 5.56. The second-order valence-corrected chi connectivity index (χ2v) is 6.43. The molecular formula is C19H16Cl2N4O. The highest BCUT2D eigenvalue weighted by Gasteiger charge is 2.09. The molecule has 1 amide bonds. The highest BCUT2D eigenvalue weighted by Crippen LogP contribution is 2.16. The molecule has 132 valence electrons. The van der Waals surface area contributed by atoms with Crippen molar-refractivity contribution in [2.75, 3.05) is 17.2 Å². The predicted octanol–water partition coefficient (Wildman–Crippen LogP) is 4.69. The number of rotatable bonds is 6. The zero-order chi connectivity index (χ0) is 18.4. The molecule has 0 bridgehead atoms. The third-order valence-electron chi connectivity index (χ3n) is 3.59. The number of hydrogen-bond donors (Lipinski definition) is 2. The molecule has 1 heterocycles. The molecule has 3 rings (SSSR count). The Kier molecular flexibility index (Phi) is 6.04. The van der Waals surface area contributed by atoms with Gasteiger partial charge in [-0.1, -0.05) is 41.4 Å². The van der Waals surface area contributed by atoms with E-state index in [-0.39, 0.29) is 11.6 Å². The normalized spacial score (nSPS) is 10.4. The van der Waals surface area contributed by atoms with E-state index in [2.05, 4.69) is 20.6 Å². The lowest BCUT2D eigenvalue weighted by Crippen LogP contribution is -2.15. The first-order valence-electron chi connectivity index (χ1n) is 7.97. The summed E-state index contributed by atoms with van der Waals surface area (Å²) in [6.07, 6.45) is 2.14. The Morgan fingerprint density at radius 1 is 0.962 bits per heavy atom. The molecule has 0 unspecified atom stereocenters. The minimum atomic E-state index is -0.326. The van der Waals surface area contributed by atoms with Crippen molar-refractivity contribution in [3.05, 3.63) is 82.2 Å². The summed E-state index contributed by atoms with van der Waals surface area (Å²) in [5.74, 6) is 0.255. The van der Waals surface area contributed by atoms with Crippen molar-refractivity contribution < 1.29 is 4.79 Å². The van der Waals surface area contributed by atoms with Crippen LogP contribution in [0.25, 0.3) is 0 Å². The Morgan fingerprint density at radius 3 is 2.50 bits per heavy atom. The second kappa shape index (κ2) is 8.65. The van der Waals surface area contributed by atoms with Crippen LogP contribution >= 0.6 is 23.2 Å². The Bertz CT molecular complexity index is 917. The number of nitrogens with zero attached hydrogens (tertiary/aromatic N) is 2. The first-order valence-corrected chi connectivity index (χ1v) is 8.73. The van der Waals surface area contributed by atoms with Crippen LogP contribution in [-0.2, 0) is 6.42 Å².